The van der Waals surface area contributed by atoms with E-state index < -0.39 is 29.2 Å². The molecule has 1 saturated heterocycles. The number of ether oxygens (including phenoxy) is 1. The molecule has 0 spiro atoms. The van der Waals surface area contributed by atoms with Gasteiger partial charge in [-0.25, -0.2) is 8.78 Å². The number of fused-ring (bicyclic) bond motifs is 7. The molecule has 0 saturated carbocycles. The van der Waals surface area contributed by atoms with Gasteiger partial charge in [0.05, 0.1) is 16.6 Å². The number of benzene rings is 3. The van der Waals surface area contributed by atoms with Crippen LogP contribution in [-0.2, 0) is 18.4 Å². The van der Waals surface area contributed by atoms with Gasteiger partial charge in [-0.05, 0) is 66.6 Å². The Balaban J connectivity index is 1.58. The molecule has 1 fully saturated rings. The van der Waals surface area contributed by atoms with Gasteiger partial charge < -0.3 is 21.1 Å². The van der Waals surface area contributed by atoms with Gasteiger partial charge in [-0.1, -0.05) is 30.7 Å². The summed E-state index contributed by atoms with van der Waals surface area (Å²) in [6, 6.07) is 10.0. The average molecular weight is 522 g/mol. The number of anilines is 1. The van der Waals surface area contributed by atoms with Gasteiger partial charge in [0.1, 0.15) is 17.4 Å². The van der Waals surface area contributed by atoms with Crippen molar-refractivity contribution in [3.63, 3.8) is 0 Å². The monoisotopic (exact) mass is 521 g/mol. The van der Waals surface area contributed by atoms with Crippen LogP contribution >= 0.6 is 11.6 Å². The number of amides is 1. The maximum atomic E-state index is 16.5. The molecule has 1 amide bonds. The zero-order valence-corrected chi connectivity index (χ0v) is 21.0. The van der Waals surface area contributed by atoms with Crippen LogP contribution in [0, 0.1) is 17.6 Å². The molecule has 4 bridgehead atoms. The fourth-order valence-corrected chi connectivity index (χ4v) is 7.02. The van der Waals surface area contributed by atoms with Crippen molar-refractivity contribution in [1.29, 1.82) is 0 Å². The Morgan fingerprint density at radius 3 is 2.78 bits per heavy atom. The van der Waals surface area contributed by atoms with E-state index in [1.807, 2.05) is 25.1 Å². The molecule has 4 aliphatic rings. The first kappa shape index (κ1) is 23.1. The molecule has 8 heteroatoms. The maximum Gasteiger partial charge on any atom is 0.256 e. The number of halogens is 3. The topological polar surface area (TPSA) is 76.4 Å². The van der Waals surface area contributed by atoms with Crippen molar-refractivity contribution in [2.24, 2.45) is 11.7 Å². The molecule has 3 aromatic rings. The van der Waals surface area contributed by atoms with Crippen LogP contribution in [0.1, 0.15) is 58.4 Å². The van der Waals surface area contributed by atoms with Crippen LogP contribution in [0.5, 0.6) is 5.75 Å². The minimum Gasteiger partial charge on any atom is -0.480 e. The molecular formula is C29H26ClF2N3O2. The van der Waals surface area contributed by atoms with E-state index in [4.69, 9.17) is 22.1 Å². The summed E-state index contributed by atoms with van der Waals surface area (Å²) in [6.07, 6.45) is 2.63. The highest BCUT2D eigenvalue weighted by Gasteiger charge is 2.50. The van der Waals surface area contributed by atoms with Crippen molar-refractivity contribution in [2.75, 3.05) is 11.9 Å². The van der Waals surface area contributed by atoms with E-state index in [9.17, 15) is 4.79 Å². The normalized spacial score (nSPS) is 27.3. The van der Waals surface area contributed by atoms with Gasteiger partial charge in [-0.15, -0.1) is 0 Å². The molecule has 3 aromatic carbocycles. The summed E-state index contributed by atoms with van der Waals surface area (Å²) in [5.41, 5.74) is 8.90. The van der Waals surface area contributed by atoms with Gasteiger partial charge in [-0.2, -0.15) is 0 Å². The van der Waals surface area contributed by atoms with E-state index in [2.05, 4.69) is 10.6 Å². The molecule has 37 heavy (non-hydrogen) atoms. The summed E-state index contributed by atoms with van der Waals surface area (Å²) in [5, 5.41) is 6.27. The first-order chi connectivity index (χ1) is 17.8. The van der Waals surface area contributed by atoms with Gasteiger partial charge in [0.15, 0.2) is 5.60 Å². The van der Waals surface area contributed by atoms with Gasteiger partial charge in [0.25, 0.3) is 5.91 Å². The van der Waals surface area contributed by atoms with Crippen molar-refractivity contribution in [2.45, 2.75) is 50.3 Å². The lowest BCUT2D eigenvalue weighted by atomic mass is 9.80. The predicted octanol–water partition coefficient (Wildman–Crippen LogP) is 5.63. The highest BCUT2D eigenvalue weighted by Crippen LogP contribution is 2.53. The van der Waals surface area contributed by atoms with Gasteiger partial charge in [0, 0.05) is 40.9 Å². The summed E-state index contributed by atoms with van der Waals surface area (Å²) < 4.78 is 38.5. The van der Waals surface area contributed by atoms with E-state index in [1.54, 1.807) is 12.1 Å². The second kappa shape index (κ2) is 8.00. The third-order valence-electron chi connectivity index (χ3n) is 8.64. The number of hydrogen-bond acceptors (Lipinski definition) is 4. The Morgan fingerprint density at radius 1 is 1.16 bits per heavy atom. The number of nitrogens with two attached hydrogens (primary N) is 1. The SMILES string of the molecule is C[C@@H]1Cc2c(cc3c(c2F)-c2c(Cl)c(F)cc4c2C[C@]([C@@H]2CCCN2)(O4)c2cccc(c2)NC3=O)[C@@H]1N. The minimum atomic E-state index is -0.861. The van der Waals surface area contributed by atoms with Crippen LogP contribution in [0.4, 0.5) is 14.5 Å². The lowest BCUT2D eigenvalue weighted by Crippen LogP contribution is -2.49. The lowest BCUT2D eigenvalue weighted by Gasteiger charge is -2.35. The molecule has 0 radical (unpaired) electrons. The van der Waals surface area contributed by atoms with Crippen molar-refractivity contribution in [3.8, 4) is 16.9 Å². The predicted molar refractivity (Wildman–Crippen MR) is 138 cm³/mol. The first-order valence-electron chi connectivity index (χ1n) is 12.7. The Bertz CT molecular complexity index is 1500. The molecule has 5 nitrogen and oxygen atoms in total. The van der Waals surface area contributed by atoms with Gasteiger partial charge in [-0.3, -0.25) is 4.79 Å². The minimum absolute atomic E-state index is 0.00402. The largest absolute Gasteiger partial charge is 0.480 e. The zero-order valence-electron chi connectivity index (χ0n) is 20.3. The summed E-state index contributed by atoms with van der Waals surface area (Å²) in [6.45, 7) is 2.80. The van der Waals surface area contributed by atoms with Crippen molar-refractivity contribution in [3.05, 3.63) is 80.9 Å². The Labute approximate surface area is 218 Å². The fourth-order valence-electron chi connectivity index (χ4n) is 6.75. The molecule has 0 aromatic heterocycles. The summed E-state index contributed by atoms with van der Waals surface area (Å²) >= 11 is 6.63. The van der Waals surface area contributed by atoms with Crippen LogP contribution in [-0.4, -0.2) is 18.5 Å². The Morgan fingerprint density at radius 2 is 2.00 bits per heavy atom. The third kappa shape index (κ3) is 3.17. The molecule has 7 rings (SSSR count). The second-order valence-corrected chi connectivity index (χ2v) is 11.1. The van der Waals surface area contributed by atoms with E-state index in [-0.39, 0.29) is 33.7 Å². The van der Waals surface area contributed by atoms with Gasteiger partial charge in [0.2, 0.25) is 0 Å². The summed E-state index contributed by atoms with van der Waals surface area (Å²) in [4.78, 5) is 13.7. The molecule has 190 valence electrons. The number of nitrogens with one attached hydrogen (secondary N) is 2. The molecular weight excluding hydrogens is 496 g/mol. The highest BCUT2D eigenvalue weighted by atomic mass is 35.5. The van der Waals surface area contributed by atoms with Gasteiger partial charge >= 0.3 is 0 Å². The highest BCUT2D eigenvalue weighted by molar-refractivity contribution is 6.34. The Hall–Kier alpha value is -3.00. The van der Waals surface area contributed by atoms with Crippen LogP contribution in [0.2, 0.25) is 5.02 Å². The number of rotatable bonds is 1. The average Bonchev–Trinajstić information content (AvgIpc) is 3.60. The van der Waals surface area contributed by atoms with Crippen molar-refractivity contribution < 1.29 is 18.3 Å². The first-order valence-corrected chi connectivity index (χ1v) is 13.1. The molecule has 0 unspecified atom stereocenters. The van der Waals surface area contributed by atoms with Crippen molar-refractivity contribution >= 4 is 23.2 Å². The van der Waals surface area contributed by atoms with E-state index in [1.165, 1.54) is 6.07 Å². The number of carbonyl (C=O) groups excluding carboxylic acids is 1. The third-order valence-corrected chi connectivity index (χ3v) is 9.01. The fraction of sp³-hybridized carbons (Fsp3) is 0.345. The maximum absolute atomic E-state index is 16.5. The Kier molecular flexibility index (Phi) is 5.00. The molecule has 1 aliphatic carbocycles. The van der Waals surface area contributed by atoms with E-state index in [0.29, 0.717) is 41.0 Å². The zero-order chi connectivity index (χ0) is 25.6. The quantitative estimate of drug-likeness (QED) is 0.388. The lowest BCUT2D eigenvalue weighted by molar-refractivity contribution is 0.0539. The molecule has 3 aliphatic heterocycles. The molecule has 3 heterocycles. The van der Waals surface area contributed by atoms with Crippen molar-refractivity contribution in [1.82, 2.24) is 5.32 Å². The second-order valence-electron chi connectivity index (χ2n) is 10.8. The number of hydrogen-bond donors (Lipinski definition) is 3. The number of carbonyl (C=O) groups is 1. The van der Waals surface area contributed by atoms with Crippen LogP contribution in [0.15, 0.2) is 36.4 Å². The van der Waals surface area contributed by atoms with E-state index >= 15 is 8.78 Å². The smallest absolute Gasteiger partial charge is 0.256 e. The van der Waals surface area contributed by atoms with Crippen LogP contribution in [0.25, 0.3) is 11.1 Å². The summed E-state index contributed by atoms with van der Waals surface area (Å²) in [5.74, 6) is -1.45. The molecule has 4 atom stereocenters. The molecule has 4 N–H and O–H groups in total. The van der Waals surface area contributed by atoms with Crippen LogP contribution in [0.3, 0.4) is 0 Å². The van der Waals surface area contributed by atoms with Crippen LogP contribution < -0.4 is 21.1 Å². The standard InChI is InChI=1S/C29H26ClF2N3O2/c1-13-8-16-17(27(13)33)10-18-24(26(16)32)23-19-12-29(22-6-3-7-34-22,37-21(19)11-20(31)25(23)30)14-4-2-5-15(9-14)35-28(18)36/h2,4-5,9-11,13,22,27,34H,3,6-8,12,33H2,1H3,(H,35,36)/t13-,22+,27-,29+/m1/s1. The van der Waals surface area contributed by atoms with E-state index in [0.717, 1.165) is 24.9 Å². The summed E-state index contributed by atoms with van der Waals surface area (Å²) in [7, 11) is 0.